The standard InChI is InChI=1S/C6H6.Mn/c1-2-4-6-5-3-1;/h1-6H;. The van der Waals surface area contributed by atoms with E-state index < -0.39 is 0 Å². The quantitative estimate of drug-likeness (QED) is 0.373. The zero-order chi connectivity index (χ0) is 4.24. The number of rotatable bonds is 0. The molecule has 1 radical (unpaired) electrons. The normalized spacial score (nSPS) is 6.86. The fourth-order valence-electron chi connectivity index (χ4n) is 0.385. The molecule has 1 aromatic rings. The van der Waals surface area contributed by atoms with E-state index in [9.17, 15) is 0 Å². The van der Waals surface area contributed by atoms with E-state index in [1.165, 1.54) is 0 Å². The Bertz CT molecular complexity index is 76.1. The van der Waals surface area contributed by atoms with Crippen LogP contribution in [0.4, 0.5) is 0 Å². The Labute approximate surface area is 54.0 Å². The Kier molecular flexibility index (Phi) is 3.77. The van der Waals surface area contributed by atoms with Crippen LogP contribution in [0.1, 0.15) is 0 Å². The Morgan fingerprint density at radius 2 is 2.14 bits per heavy atom. The molecule has 0 fully saturated rings. The smallest absolute Gasteiger partial charge is 0 e. The largest absolute Gasteiger partial charge is 0.0712 e. The third kappa shape index (κ3) is 2.44. The molecule has 0 bridgehead atoms. The van der Waals surface area contributed by atoms with Gasteiger partial charge in [0.1, 0.15) is 0 Å². The molecule has 0 aliphatic carbocycles. The van der Waals surface area contributed by atoms with Gasteiger partial charge in [-0.15, -0.1) is 0 Å². The molecule has 0 heterocycles. The van der Waals surface area contributed by atoms with Crippen LogP contribution < -0.4 is 0 Å². The van der Waals surface area contributed by atoms with Gasteiger partial charge in [-0.25, -0.2) is 0 Å². The van der Waals surface area contributed by atoms with Crippen LogP contribution in [0.5, 0.6) is 0 Å². The molecule has 0 aliphatic rings. The molecule has 7 heavy (non-hydrogen) atoms. The van der Waals surface area contributed by atoms with Crippen molar-refractivity contribution in [3.8, 4) is 0 Å². The van der Waals surface area contributed by atoms with Gasteiger partial charge in [-0.1, -0.05) is 36.4 Å². The summed E-state index contributed by atoms with van der Waals surface area (Å²) in [6.07, 6.45) is 0. The van der Waals surface area contributed by atoms with Gasteiger partial charge in [0.15, 0.2) is 0 Å². The molecule has 0 nitrogen and oxygen atoms in total. The van der Waals surface area contributed by atoms with Crippen LogP contribution in [-0.4, -0.2) is 0 Å². The van der Waals surface area contributed by atoms with E-state index in [-0.39, 0.29) is 17.1 Å². The molecule has 0 unspecified atom stereocenters. The molecular weight excluding hydrogens is 127 g/mol. The SMILES string of the molecule is [Mn].c1cc[cH-][cH+]c1. The molecule has 1 heteroatoms. The summed E-state index contributed by atoms with van der Waals surface area (Å²) < 4.78 is 0. The summed E-state index contributed by atoms with van der Waals surface area (Å²) in [5, 5.41) is 0. The van der Waals surface area contributed by atoms with Crippen molar-refractivity contribution in [3.63, 3.8) is 0 Å². The van der Waals surface area contributed by atoms with Crippen molar-refractivity contribution in [2.24, 2.45) is 0 Å². The van der Waals surface area contributed by atoms with E-state index >= 15 is 0 Å². The first-order valence-electron chi connectivity index (χ1n) is 2.00. The summed E-state index contributed by atoms with van der Waals surface area (Å²) in [5.74, 6) is 0. The van der Waals surface area contributed by atoms with Crippen LogP contribution in [-0.2, 0) is 17.1 Å². The molecule has 0 atom stereocenters. The predicted molar refractivity (Wildman–Crippen MR) is 26.4 cm³/mol. The van der Waals surface area contributed by atoms with Crippen LogP contribution in [0.25, 0.3) is 0 Å². The van der Waals surface area contributed by atoms with Crippen molar-refractivity contribution in [1.82, 2.24) is 0 Å². The Morgan fingerprint density at radius 3 is 2.29 bits per heavy atom. The minimum absolute atomic E-state index is 0. The maximum Gasteiger partial charge on any atom is 0 e. The van der Waals surface area contributed by atoms with Gasteiger partial charge in [-0.2, -0.15) is 0 Å². The molecule has 0 amide bonds. The fourth-order valence-corrected chi connectivity index (χ4v) is 0.385. The van der Waals surface area contributed by atoms with Gasteiger partial charge >= 0.3 is 0 Å². The van der Waals surface area contributed by atoms with E-state index in [1.54, 1.807) is 0 Å². The van der Waals surface area contributed by atoms with E-state index in [4.69, 9.17) is 0 Å². The van der Waals surface area contributed by atoms with Crippen molar-refractivity contribution >= 4 is 0 Å². The summed E-state index contributed by atoms with van der Waals surface area (Å²) in [4.78, 5) is 0. The minimum atomic E-state index is 0. The van der Waals surface area contributed by atoms with Gasteiger partial charge in [0.25, 0.3) is 0 Å². The molecule has 0 saturated carbocycles. The molecule has 0 N–H and O–H groups in total. The second-order valence-corrected chi connectivity index (χ2v) is 1.15. The molecule has 1 rings (SSSR count). The van der Waals surface area contributed by atoms with Gasteiger partial charge in [0, 0.05) is 17.1 Å². The van der Waals surface area contributed by atoms with Gasteiger partial charge < -0.3 is 0 Å². The minimum Gasteiger partial charge on any atom is -0.0712 e. The van der Waals surface area contributed by atoms with E-state index in [0.29, 0.717) is 0 Å². The number of hydrogen-bond acceptors (Lipinski definition) is 0. The summed E-state index contributed by atoms with van der Waals surface area (Å²) in [6.45, 7) is 0. The Balaban J connectivity index is 0.000000360. The van der Waals surface area contributed by atoms with Crippen LogP contribution >= 0.6 is 0 Å². The van der Waals surface area contributed by atoms with Gasteiger partial charge in [0.2, 0.25) is 0 Å². The fraction of sp³-hybridized carbons (Fsp3) is 0. The first-order chi connectivity index (χ1) is 3.00. The third-order valence-corrected chi connectivity index (χ3v) is 0.667. The zero-order valence-corrected chi connectivity index (χ0v) is 5.02. The van der Waals surface area contributed by atoms with Crippen LogP contribution in [0.2, 0.25) is 0 Å². The summed E-state index contributed by atoms with van der Waals surface area (Å²) in [6, 6.07) is 12.0. The maximum atomic E-state index is 2.00. The predicted octanol–water partition coefficient (Wildman–Crippen LogP) is 1.68. The molecule has 0 saturated heterocycles. The topological polar surface area (TPSA) is 0 Å². The number of hydrogen-bond donors (Lipinski definition) is 0. The monoisotopic (exact) mass is 133 g/mol. The van der Waals surface area contributed by atoms with Crippen molar-refractivity contribution in [3.05, 3.63) is 36.4 Å². The summed E-state index contributed by atoms with van der Waals surface area (Å²) in [7, 11) is 0. The molecule has 0 spiro atoms. The van der Waals surface area contributed by atoms with Gasteiger partial charge in [-0.3, -0.25) is 0 Å². The van der Waals surface area contributed by atoms with Crippen molar-refractivity contribution in [2.75, 3.05) is 0 Å². The van der Waals surface area contributed by atoms with Crippen LogP contribution in [0.15, 0.2) is 36.4 Å². The van der Waals surface area contributed by atoms with Crippen molar-refractivity contribution in [2.45, 2.75) is 0 Å². The summed E-state index contributed by atoms with van der Waals surface area (Å²) in [5.41, 5.74) is 0. The maximum absolute atomic E-state index is 2.00. The van der Waals surface area contributed by atoms with Crippen LogP contribution in [0.3, 0.4) is 0 Å². The van der Waals surface area contributed by atoms with Gasteiger partial charge in [-0.05, 0) is 0 Å². The molecule has 1 aromatic carbocycles. The average molecular weight is 133 g/mol. The third-order valence-electron chi connectivity index (χ3n) is 0.667. The molecule has 0 aliphatic heterocycles. The first-order valence-corrected chi connectivity index (χ1v) is 2.00. The van der Waals surface area contributed by atoms with Crippen molar-refractivity contribution in [1.29, 1.82) is 0 Å². The molecular formula is C6H6Mn. The Hall–Kier alpha value is -0.261. The number of benzene rings is 1. The zero-order valence-electron chi connectivity index (χ0n) is 3.84. The van der Waals surface area contributed by atoms with E-state index in [1.807, 2.05) is 36.4 Å². The summed E-state index contributed by atoms with van der Waals surface area (Å²) >= 11 is 0. The second kappa shape index (κ2) is 3.91. The second-order valence-electron chi connectivity index (χ2n) is 1.15. The molecule has 37 valence electrons. The molecule has 0 aromatic heterocycles. The van der Waals surface area contributed by atoms with Crippen molar-refractivity contribution < 1.29 is 17.1 Å². The average Bonchev–Trinajstić information content (AvgIpc) is 1.72. The van der Waals surface area contributed by atoms with E-state index in [0.717, 1.165) is 0 Å². The first kappa shape index (κ1) is 6.74. The van der Waals surface area contributed by atoms with Gasteiger partial charge in [0.05, 0.1) is 0 Å². The Morgan fingerprint density at radius 1 is 1.29 bits per heavy atom. The van der Waals surface area contributed by atoms with Crippen LogP contribution in [0, 0.1) is 0 Å². The van der Waals surface area contributed by atoms with E-state index in [2.05, 4.69) is 0 Å².